The third-order valence-corrected chi connectivity index (χ3v) is 7.76. The highest BCUT2D eigenvalue weighted by Gasteiger charge is 2.30. The van der Waals surface area contributed by atoms with Crippen molar-refractivity contribution in [2.75, 3.05) is 44.6 Å². The molecule has 0 spiro atoms. The third kappa shape index (κ3) is 7.35. The van der Waals surface area contributed by atoms with E-state index >= 15 is 0 Å². The Morgan fingerprint density at radius 1 is 0.977 bits per heavy atom. The molecule has 0 atom stereocenters. The monoisotopic (exact) mass is 595 g/mol. The average molecular weight is 596 g/mol. The van der Waals surface area contributed by atoms with E-state index in [1.165, 1.54) is 17.7 Å². The van der Waals surface area contributed by atoms with Crippen LogP contribution in [0.25, 0.3) is 16.8 Å². The molecule has 1 fully saturated rings. The third-order valence-electron chi connectivity index (χ3n) is 7.76. The number of aliphatic hydroxyl groups is 1. The van der Waals surface area contributed by atoms with Crippen molar-refractivity contribution in [1.29, 1.82) is 0 Å². The van der Waals surface area contributed by atoms with Crippen LogP contribution in [-0.2, 0) is 30.5 Å². The Hall–Kier alpha value is -3.93. The van der Waals surface area contributed by atoms with E-state index in [4.69, 9.17) is 14.8 Å². The number of alkyl halides is 3. The van der Waals surface area contributed by atoms with Crippen molar-refractivity contribution in [3.05, 3.63) is 88.7 Å². The van der Waals surface area contributed by atoms with Gasteiger partial charge in [0.15, 0.2) is 0 Å². The van der Waals surface area contributed by atoms with E-state index in [0.717, 1.165) is 73.7 Å². The number of aromatic nitrogens is 2. The van der Waals surface area contributed by atoms with Crippen LogP contribution in [0.2, 0.25) is 0 Å². The zero-order valence-corrected chi connectivity index (χ0v) is 24.3. The summed E-state index contributed by atoms with van der Waals surface area (Å²) >= 11 is 0. The number of amides is 1. The number of rotatable bonds is 9. The van der Waals surface area contributed by atoms with Gasteiger partial charge in [-0.1, -0.05) is 43.3 Å². The van der Waals surface area contributed by atoms with E-state index < -0.39 is 17.8 Å². The number of anilines is 1. The molecular weight excluding hydrogens is 559 g/mol. The lowest BCUT2D eigenvalue weighted by Crippen LogP contribution is -2.46. The van der Waals surface area contributed by atoms with E-state index in [1.54, 1.807) is 0 Å². The van der Waals surface area contributed by atoms with Crippen molar-refractivity contribution in [1.82, 2.24) is 19.2 Å². The number of piperazine rings is 1. The molecule has 43 heavy (non-hydrogen) atoms. The number of β-amino-alcohol motifs (C(OH)–C–C–N with tert-alkyl or cyclic N) is 1. The van der Waals surface area contributed by atoms with Crippen LogP contribution in [0.1, 0.15) is 34.9 Å². The molecule has 2 aromatic heterocycles. The summed E-state index contributed by atoms with van der Waals surface area (Å²) in [6.45, 7) is 9.41. The molecule has 0 aliphatic carbocycles. The number of carbonyl (C=O) groups excluding carboxylic acids is 1. The Kier molecular flexibility index (Phi) is 9.34. The smallest absolute Gasteiger partial charge is 0.416 e. The second kappa shape index (κ2) is 13.2. The maximum atomic E-state index is 12.8. The quantitative estimate of drug-likeness (QED) is 0.257. The second-order valence-electron chi connectivity index (χ2n) is 10.8. The van der Waals surface area contributed by atoms with E-state index in [9.17, 15) is 18.0 Å². The summed E-state index contributed by atoms with van der Waals surface area (Å²) in [5.41, 5.74) is 5.28. The first-order chi connectivity index (χ1) is 20.6. The van der Waals surface area contributed by atoms with Crippen LogP contribution < -0.4 is 5.32 Å². The molecular formula is C32H36F3N5O3. The summed E-state index contributed by atoms with van der Waals surface area (Å²) in [6.07, 6.45) is -2.63. The van der Waals surface area contributed by atoms with Gasteiger partial charge in [-0.15, -0.1) is 0 Å². The van der Waals surface area contributed by atoms with Gasteiger partial charge < -0.3 is 9.84 Å². The molecule has 5 rings (SSSR count). The number of aryl methyl sites for hydroxylation is 2. The van der Waals surface area contributed by atoms with E-state index in [-0.39, 0.29) is 13.2 Å². The number of pyridine rings is 1. The molecule has 8 nitrogen and oxygen atoms in total. The number of halogens is 3. The molecule has 2 aromatic carbocycles. The number of aliphatic hydroxyl groups excluding tert-OH is 1. The summed E-state index contributed by atoms with van der Waals surface area (Å²) in [7, 11) is 0. The van der Waals surface area contributed by atoms with Crippen molar-refractivity contribution in [3.8, 4) is 11.1 Å². The molecule has 0 bridgehead atoms. The number of fused-ring (bicyclic) bond motifs is 1. The number of hydrogen-bond donors (Lipinski definition) is 2. The molecule has 4 aromatic rings. The van der Waals surface area contributed by atoms with Crippen LogP contribution in [0.5, 0.6) is 0 Å². The topological polar surface area (TPSA) is 82.3 Å². The number of nitrogens with one attached hydrogen (secondary N) is 1. The second-order valence-corrected chi connectivity index (χ2v) is 10.8. The first-order valence-electron chi connectivity index (χ1n) is 14.4. The van der Waals surface area contributed by atoms with Gasteiger partial charge in [-0.3, -0.25) is 19.5 Å². The van der Waals surface area contributed by atoms with Crippen molar-refractivity contribution < 1.29 is 27.8 Å². The molecule has 2 N–H and O–H groups in total. The fourth-order valence-electron chi connectivity index (χ4n) is 5.34. The Labute approximate surface area is 248 Å². The molecule has 0 saturated carbocycles. The maximum absolute atomic E-state index is 12.8. The average Bonchev–Trinajstić information content (AvgIpc) is 3.35. The largest absolute Gasteiger partial charge is 0.444 e. The lowest BCUT2D eigenvalue weighted by Gasteiger charge is -2.34. The Balaban J connectivity index is 1.28. The van der Waals surface area contributed by atoms with Gasteiger partial charge in [-0.25, -0.2) is 9.78 Å². The summed E-state index contributed by atoms with van der Waals surface area (Å²) in [6, 6.07) is 15.1. The zero-order chi connectivity index (χ0) is 30.6. The van der Waals surface area contributed by atoms with Crippen LogP contribution in [0.3, 0.4) is 0 Å². The van der Waals surface area contributed by atoms with Gasteiger partial charge in [0.25, 0.3) is 0 Å². The summed E-state index contributed by atoms with van der Waals surface area (Å²) in [4.78, 5) is 22.2. The predicted octanol–water partition coefficient (Wildman–Crippen LogP) is 5.75. The number of imidazole rings is 1. The number of hydrogen-bond acceptors (Lipinski definition) is 6. The minimum absolute atomic E-state index is 0.170. The Morgan fingerprint density at radius 3 is 2.26 bits per heavy atom. The molecule has 228 valence electrons. The van der Waals surface area contributed by atoms with Crippen LogP contribution >= 0.6 is 0 Å². The van der Waals surface area contributed by atoms with Crippen molar-refractivity contribution in [2.24, 2.45) is 0 Å². The van der Waals surface area contributed by atoms with E-state index in [0.29, 0.717) is 23.5 Å². The summed E-state index contributed by atoms with van der Waals surface area (Å²) in [5.74, 6) is 0.497. The normalized spacial score (nSPS) is 14.7. The molecule has 0 radical (unpaired) electrons. The fourth-order valence-corrected chi connectivity index (χ4v) is 5.34. The number of ether oxygens (including phenoxy) is 1. The standard InChI is InChI=1S/C32H36F3N5O3/c1-3-28-30(37-31(42)43-21-24-6-10-27(11-7-24)32(33,34)35)40-20-26(18-22(2)29(40)36-28)25-8-4-23(5-9-25)19-39-14-12-38(13-15-39)16-17-41/h4-11,18,20,41H,3,12-17,19,21H2,1-2H3,(H,37,42). The van der Waals surface area contributed by atoms with Crippen LogP contribution in [0, 0.1) is 6.92 Å². The first kappa shape index (κ1) is 30.5. The summed E-state index contributed by atoms with van der Waals surface area (Å²) < 4.78 is 45.7. The lowest BCUT2D eigenvalue weighted by atomic mass is 10.0. The van der Waals surface area contributed by atoms with Crippen LogP contribution in [0.15, 0.2) is 60.8 Å². The number of nitrogens with zero attached hydrogens (tertiary/aromatic N) is 4. The first-order valence-corrected chi connectivity index (χ1v) is 14.4. The minimum Gasteiger partial charge on any atom is -0.444 e. The van der Waals surface area contributed by atoms with Crippen molar-refractivity contribution in [3.63, 3.8) is 0 Å². The van der Waals surface area contributed by atoms with Gasteiger partial charge in [0.05, 0.1) is 17.9 Å². The highest BCUT2D eigenvalue weighted by atomic mass is 19.4. The molecule has 11 heteroatoms. The van der Waals surface area contributed by atoms with Crippen LogP contribution in [-0.4, -0.2) is 69.7 Å². The van der Waals surface area contributed by atoms with Gasteiger partial charge in [0.1, 0.15) is 18.1 Å². The minimum atomic E-state index is -4.42. The van der Waals surface area contributed by atoms with Gasteiger partial charge >= 0.3 is 12.3 Å². The highest BCUT2D eigenvalue weighted by Crippen LogP contribution is 2.30. The lowest BCUT2D eigenvalue weighted by molar-refractivity contribution is -0.137. The van der Waals surface area contributed by atoms with Gasteiger partial charge in [-0.2, -0.15) is 13.2 Å². The highest BCUT2D eigenvalue weighted by molar-refractivity contribution is 5.85. The molecule has 0 unspecified atom stereocenters. The molecule has 1 aliphatic rings. The summed E-state index contributed by atoms with van der Waals surface area (Å²) in [5, 5.41) is 12.0. The molecule has 1 aliphatic heterocycles. The maximum Gasteiger partial charge on any atom is 0.416 e. The van der Waals surface area contributed by atoms with E-state index in [2.05, 4.69) is 45.4 Å². The van der Waals surface area contributed by atoms with Gasteiger partial charge in [0.2, 0.25) is 0 Å². The zero-order valence-electron chi connectivity index (χ0n) is 24.3. The fraction of sp³-hybridized carbons (Fsp3) is 0.375. The Morgan fingerprint density at radius 2 is 1.63 bits per heavy atom. The van der Waals surface area contributed by atoms with E-state index in [1.807, 2.05) is 24.4 Å². The number of benzene rings is 2. The van der Waals surface area contributed by atoms with Crippen molar-refractivity contribution in [2.45, 2.75) is 39.6 Å². The van der Waals surface area contributed by atoms with Gasteiger partial charge in [-0.05, 0) is 59.4 Å². The SMILES string of the molecule is CCc1nc2c(C)cc(-c3ccc(CN4CCN(CCO)CC4)cc3)cn2c1NC(=O)OCc1ccc(C(F)(F)F)cc1. The molecule has 1 amide bonds. The molecule has 3 heterocycles. The van der Waals surface area contributed by atoms with Crippen LogP contribution in [0.4, 0.5) is 23.8 Å². The number of carbonyl (C=O) groups is 1. The van der Waals surface area contributed by atoms with Gasteiger partial charge in [0, 0.05) is 45.5 Å². The Bertz CT molecular complexity index is 1540. The molecule has 1 saturated heterocycles. The predicted molar refractivity (Wildman–Crippen MR) is 159 cm³/mol. The van der Waals surface area contributed by atoms with Crippen molar-refractivity contribution >= 4 is 17.6 Å².